The molecule has 0 aliphatic rings. The maximum atomic E-state index is 5.55. The number of nitrogens with two attached hydrogens (primary N) is 1. The predicted octanol–water partition coefficient (Wildman–Crippen LogP) is 1.80. The van der Waals surface area contributed by atoms with Crippen molar-refractivity contribution in [3.63, 3.8) is 0 Å². The summed E-state index contributed by atoms with van der Waals surface area (Å²) in [5, 5.41) is 3.18. The molecule has 0 fully saturated rings. The van der Waals surface area contributed by atoms with Gasteiger partial charge >= 0.3 is 0 Å². The Hall–Kier alpha value is -2.10. The van der Waals surface area contributed by atoms with Crippen LogP contribution in [0, 0.1) is 0 Å². The summed E-state index contributed by atoms with van der Waals surface area (Å²) in [7, 11) is 0. The maximum absolute atomic E-state index is 5.55. The highest BCUT2D eigenvalue weighted by atomic mass is 14.9. The van der Waals surface area contributed by atoms with E-state index in [0.717, 1.165) is 11.4 Å². The van der Waals surface area contributed by atoms with Gasteiger partial charge in [-0.05, 0) is 18.2 Å². The standard InChI is InChI=1S/C10H10N4/c11-10-7-9(3-6-13-10)14-8-1-4-12-5-2-8/h1-7H,(H3,11,12,13,14). The van der Waals surface area contributed by atoms with Gasteiger partial charge in [0.25, 0.3) is 0 Å². The number of pyridine rings is 2. The molecule has 0 saturated carbocycles. The molecular weight excluding hydrogens is 176 g/mol. The van der Waals surface area contributed by atoms with E-state index in [9.17, 15) is 0 Å². The average molecular weight is 186 g/mol. The molecule has 0 atom stereocenters. The third-order valence-corrected chi connectivity index (χ3v) is 1.75. The molecule has 0 aromatic carbocycles. The van der Waals surface area contributed by atoms with Crippen molar-refractivity contribution in [1.82, 2.24) is 9.97 Å². The van der Waals surface area contributed by atoms with Crippen LogP contribution in [0.25, 0.3) is 0 Å². The number of nitrogens with zero attached hydrogens (tertiary/aromatic N) is 2. The molecule has 2 heterocycles. The van der Waals surface area contributed by atoms with Gasteiger partial charge in [0.2, 0.25) is 0 Å². The summed E-state index contributed by atoms with van der Waals surface area (Å²) >= 11 is 0. The highest BCUT2D eigenvalue weighted by molar-refractivity contribution is 5.60. The number of nitrogens with one attached hydrogen (secondary N) is 1. The van der Waals surface area contributed by atoms with E-state index >= 15 is 0 Å². The van der Waals surface area contributed by atoms with Crippen molar-refractivity contribution in [2.75, 3.05) is 11.1 Å². The van der Waals surface area contributed by atoms with Gasteiger partial charge in [-0.3, -0.25) is 4.98 Å². The zero-order valence-corrected chi connectivity index (χ0v) is 7.51. The van der Waals surface area contributed by atoms with Crippen LogP contribution in [0.5, 0.6) is 0 Å². The van der Waals surface area contributed by atoms with E-state index < -0.39 is 0 Å². The Bertz CT molecular complexity index is 413. The molecule has 2 aromatic heterocycles. The van der Waals surface area contributed by atoms with E-state index in [1.807, 2.05) is 18.2 Å². The van der Waals surface area contributed by atoms with E-state index in [1.165, 1.54) is 0 Å². The van der Waals surface area contributed by atoms with E-state index in [4.69, 9.17) is 5.73 Å². The summed E-state index contributed by atoms with van der Waals surface area (Å²) in [6.07, 6.45) is 5.12. The molecule has 2 rings (SSSR count). The Kier molecular flexibility index (Phi) is 2.27. The van der Waals surface area contributed by atoms with Crippen LogP contribution in [-0.2, 0) is 0 Å². The molecule has 0 unspecified atom stereocenters. The summed E-state index contributed by atoms with van der Waals surface area (Å²) in [5.74, 6) is 0.504. The minimum atomic E-state index is 0.504. The lowest BCUT2D eigenvalue weighted by molar-refractivity contribution is 1.31. The van der Waals surface area contributed by atoms with Crippen molar-refractivity contribution in [2.45, 2.75) is 0 Å². The monoisotopic (exact) mass is 186 g/mol. The third-order valence-electron chi connectivity index (χ3n) is 1.75. The van der Waals surface area contributed by atoms with E-state index in [-0.39, 0.29) is 0 Å². The van der Waals surface area contributed by atoms with Crippen LogP contribution in [-0.4, -0.2) is 9.97 Å². The summed E-state index contributed by atoms with van der Waals surface area (Å²) in [6.45, 7) is 0. The Morgan fingerprint density at radius 2 is 1.71 bits per heavy atom. The van der Waals surface area contributed by atoms with Gasteiger partial charge in [0.05, 0.1) is 0 Å². The van der Waals surface area contributed by atoms with Gasteiger partial charge in [-0.25, -0.2) is 4.98 Å². The first-order valence-corrected chi connectivity index (χ1v) is 4.23. The molecule has 14 heavy (non-hydrogen) atoms. The molecule has 4 heteroatoms. The van der Waals surface area contributed by atoms with Gasteiger partial charge in [-0.15, -0.1) is 0 Å². The number of hydrogen-bond donors (Lipinski definition) is 2. The van der Waals surface area contributed by atoms with Crippen LogP contribution in [0.3, 0.4) is 0 Å². The lowest BCUT2D eigenvalue weighted by atomic mass is 10.3. The van der Waals surface area contributed by atoms with Gasteiger partial charge in [-0.1, -0.05) is 0 Å². The molecule has 70 valence electrons. The highest BCUT2D eigenvalue weighted by Crippen LogP contribution is 2.15. The normalized spacial score (nSPS) is 9.71. The Morgan fingerprint density at radius 3 is 2.43 bits per heavy atom. The predicted molar refractivity (Wildman–Crippen MR) is 56.2 cm³/mol. The van der Waals surface area contributed by atoms with Gasteiger partial charge in [0.1, 0.15) is 5.82 Å². The van der Waals surface area contributed by atoms with Gasteiger partial charge in [0.15, 0.2) is 0 Å². The van der Waals surface area contributed by atoms with Crippen LogP contribution < -0.4 is 11.1 Å². The van der Waals surface area contributed by atoms with E-state index in [1.54, 1.807) is 24.7 Å². The minimum absolute atomic E-state index is 0.504. The number of anilines is 3. The molecule has 0 spiro atoms. The topological polar surface area (TPSA) is 63.8 Å². The quantitative estimate of drug-likeness (QED) is 0.750. The van der Waals surface area contributed by atoms with Gasteiger partial charge in [-0.2, -0.15) is 0 Å². The number of aromatic nitrogens is 2. The van der Waals surface area contributed by atoms with Gasteiger partial charge < -0.3 is 11.1 Å². The summed E-state index contributed by atoms with van der Waals surface area (Å²) in [5.41, 5.74) is 7.45. The molecule has 0 aliphatic carbocycles. The van der Waals surface area contributed by atoms with Crippen molar-refractivity contribution in [1.29, 1.82) is 0 Å². The Morgan fingerprint density at radius 1 is 1.00 bits per heavy atom. The average Bonchev–Trinajstić information content (AvgIpc) is 2.19. The second-order valence-corrected chi connectivity index (χ2v) is 2.83. The molecule has 0 aliphatic heterocycles. The smallest absolute Gasteiger partial charge is 0.125 e. The zero-order chi connectivity index (χ0) is 9.80. The molecular formula is C10H10N4. The molecule has 0 amide bonds. The zero-order valence-electron chi connectivity index (χ0n) is 7.51. The first-order valence-electron chi connectivity index (χ1n) is 4.23. The van der Waals surface area contributed by atoms with Crippen molar-refractivity contribution < 1.29 is 0 Å². The minimum Gasteiger partial charge on any atom is -0.384 e. The lowest BCUT2D eigenvalue weighted by Crippen LogP contribution is -1.93. The number of hydrogen-bond acceptors (Lipinski definition) is 4. The molecule has 0 radical (unpaired) electrons. The summed E-state index contributed by atoms with van der Waals surface area (Å²) in [6, 6.07) is 7.41. The maximum Gasteiger partial charge on any atom is 0.125 e. The lowest BCUT2D eigenvalue weighted by Gasteiger charge is -2.05. The van der Waals surface area contributed by atoms with Crippen molar-refractivity contribution in [2.24, 2.45) is 0 Å². The highest BCUT2D eigenvalue weighted by Gasteiger charge is 1.94. The van der Waals surface area contributed by atoms with Crippen molar-refractivity contribution in [3.8, 4) is 0 Å². The van der Waals surface area contributed by atoms with Crippen LogP contribution in [0.4, 0.5) is 17.2 Å². The molecule has 3 N–H and O–H groups in total. The summed E-state index contributed by atoms with van der Waals surface area (Å²) < 4.78 is 0. The second kappa shape index (κ2) is 3.74. The number of nitrogen functional groups attached to an aromatic ring is 1. The fraction of sp³-hybridized carbons (Fsp3) is 0. The summed E-state index contributed by atoms with van der Waals surface area (Å²) in [4.78, 5) is 7.83. The fourth-order valence-electron chi connectivity index (χ4n) is 1.13. The van der Waals surface area contributed by atoms with E-state index in [2.05, 4.69) is 15.3 Å². The first-order chi connectivity index (χ1) is 6.84. The number of rotatable bonds is 2. The van der Waals surface area contributed by atoms with Crippen LogP contribution in [0.15, 0.2) is 42.9 Å². The Labute approximate surface area is 81.8 Å². The fourth-order valence-corrected chi connectivity index (χ4v) is 1.13. The van der Waals surface area contributed by atoms with Crippen LogP contribution >= 0.6 is 0 Å². The van der Waals surface area contributed by atoms with Gasteiger partial charge in [0, 0.05) is 36.0 Å². The van der Waals surface area contributed by atoms with Crippen molar-refractivity contribution >= 4 is 17.2 Å². The van der Waals surface area contributed by atoms with E-state index in [0.29, 0.717) is 5.82 Å². The third kappa shape index (κ3) is 1.98. The Balaban J connectivity index is 2.19. The van der Waals surface area contributed by atoms with Crippen molar-refractivity contribution in [3.05, 3.63) is 42.9 Å². The SMILES string of the molecule is Nc1cc(Nc2ccncc2)ccn1. The molecule has 0 saturated heterocycles. The largest absolute Gasteiger partial charge is 0.384 e. The van der Waals surface area contributed by atoms with Crippen LogP contribution in [0.1, 0.15) is 0 Å². The molecule has 0 bridgehead atoms. The molecule has 2 aromatic rings. The molecule has 4 nitrogen and oxygen atoms in total. The van der Waals surface area contributed by atoms with Crippen LogP contribution in [0.2, 0.25) is 0 Å². The second-order valence-electron chi connectivity index (χ2n) is 2.83. The first kappa shape index (κ1) is 8.50.